The molecule has 0 saturated heterocycles. The molecule has 0 N–H and O–H groups in total. The van der Waals surface area contributed by atoms with Crippen molar-refractivity contribution in [2.45, 2.75) is 13.8 Å². The van der Waals surface area contributed by atoms with E-state index in [1.807, 2.05) is 26.0 Å². The van der Waals surface area contributed by atoms with Gasteiger partial charge in [0.1, 0.15) is 17.9 Å². The van der Waals surface area contributed by atoms with Gasteiger partial charge in [0.2, 0.25) is 0 Å². The van der Waals surface area contributed by atoms with Crippen LogP contribution in [0.25, 0.3) is 11.0 Å². The second-order valence-electron chi connectivity index (χ2n) is 4.76. The normalized spacial score (nSPS) is 10.7. The van der Waals surface area contributed by atoms with E-state index in [2.05, 4.69) is 6.58 Å². The first-order valence-electron chi connectivity index (χ1n) is 6.46. The molecule has 0 spiro atoms. The SMILES string of the molecule is C=C(C)COCCOc1ccc2c(C)cc(=O)oc2c1. The minimum absolute atomic E-state index is 0.350. The fraction of sp³-hybridized carbons (Fsp3) is 0.312. The highest BCUT2D eigenvalue weighted by molar-refractivity contribution is 5.81. The maximum absolute atomic E-state index is 11.3. The molecule has 1 heterocycles. The molecule has 0 amide bonds. The van der Waals surface area contributed by atoms with Gasteiger partial charge in [-0.1, -0.05) is 12.2 Å². The minimum Gasteiger partial charge on any atom is -0.491 e. The van der Waals surface area contributed by atoms with Crippen LogP contribution in [-0.2, 0) is 4.74 Å². The summed E-state index contributed by atoms with van der Waals surface area (Å²) in [5.41, 5.74) is 2.06. The lowest BCUT2D eigenvalue weighted by atomic mass is 10.1. The molecule has 0 saturated carbocycles. The van der Waals surface area contributed by atoms with E-state index in [1.165, 1.54) is 6.07 Å². The van der Waals surface area contributed by atoms with Gasteiger partial charge in [0.05, 0.1) is 13.2 Å². The fourth-order valence-corrected chi connectivity index (χ4v) is 1.86. The predicted octanol–water partition coefficient (Wildman–Crippen LogP) is 3.07. The lowest BCUT2D eigenvalue weighted by molar-refractivity contribution is 0.117. The molecule has 4 nitrogen and oxygen atoms in total. The molecule has 0 aliphatic heterocycles. The van der Waals surface area contributed by atoms with Crippen molar-refractivity contribution in [3.63, 3.8) is 0 Å². The lowest BCUT2D eigenvalue weighted by Crippen LogP contribution is -2.07. The first kappa shape index (κ1) is 14.3. The van der Waals surface area contributed by atoms with E-state index < -0.39 is 0 Å². The van der Waals surface area contributed by atoms with Crippen LogP contribution in [0.5, 0.6) is 5.75 Å². The highest BCUT2D eigenvalue weighted by Crippen LogP contribution is 2.22. The first-order chi connectivity index (χ1) is 9.56. The van der Waals surface area contributed by atoms with Crippen LogP contribution in [0.2, 0.25) is 0 Å². The third-order valence-electron chi connectivity index (χ3n) is 2.77. The molecule has 0 unspecified atom stereocenters. The lowest BCUT2D eigenvalue weighted by Gasteiger charge is -2.08. The molecule has 2 aromatic rings. The molecule has 0 atom stereocenters. The van der Waals surface area contributed by atoms with Crippen molar-refractivity contribution in [2.24, 2.45) is 0 Å². The zero-order valence-electron chi connectivity index (χ0n) is 11.8. The smallest absolute Gasteiger partial charge is 0.336 e. The summed E-state index contributed by atoms with van der Waals surface area (Å²) in [6.45, 7) is 9.01. The summed E-state index contributed by atoms with van der Waals surface area (Å²) < 4.78 is 16.1. The molecular formula is C16H18O4. The van der Waals surface area contributed by atoms with Crippen molar-refractivity contribution in [2.75, 3.05) is 19.8 Å². The minimum atomic E-state index is -0.350. The van der Waals surface area contributed by atoms with Crippen LogP contribution in [0.15, 0.2) is 45.6 Å². The van der Waals surface area contributed by atoms with Crippen LogP contribution in [0.4, 0.5) is 0 Å². The summed E-state index contributed by atoms with van der Waals surface area (Å²) in [4.78, 5) is 11.3. The highest BCUT2D eigenvalue weighted by atomic mass is 16.5. The maximum Gasteiger partial charge on any atom is 0.336 e. The molecule has 1 aromatic carbocycles. The molecule has 0 fully saturated rings. The summed E-state index contributed by atoms with van der Waals surface area (Å²) in [7, 11) is 0. The van der Waals surface area contributed by atoms with Gasteiger partial charge >= 0.3 is 5.63 Å². The second-order valence-corrected chi connectivity index (χ2v) is 4.76. The van der Waals surface area contributed by atoms with Gasteiger partial charge < -0.3 is 13.9 Å². The maximum atomic E-state index is 11.3. The summed E-state index contributed by atoms with van der Waals surface area (Å²) >= 11 is 0. The van der Waals surface area contributed by atoms with Gasteiger partial charge in [-0.15, -0.1) is 0 Å². The Morgan fingerprint density at radius 1 is 1.30 bits per heavy atom. The van der Waals surface area contributed by atoms with Crippen molar-refractivity contribution < 1.29 is 13.9 Å². The average molecular weight is 274 g/mol. The van der Waals surface area contributed by atoms with Gasteiger partial charge in [-0.25, -0.2) is 4.79 Å². The van der Waals surface area contributed by atoms with E-state index in [4.69, 9.17) is 13.9 Å². The van der Waals surface area contributed by atoms with Gasteiger partial charge in [-0.3, -0.25) is 0 Å². The first-order valence-corrected chi connectivity index (χ1v) is 6.46. The van der Waals surface area contributed by atoms with Crippen LogP contribution in [-0.4, -0.2) is 19.8 Å². The Kier molecular flexibility index (Phi) is 4.58. The number of aryl methyl sites for hydroxylation is 1. The van der Waals surface area contributed by atoms with Gasteiger partial charge in [-0.2, -0.15) is 0 Å². The van der Waals surface area contributed by atoms with Crippen LogP contribution in [0.3, 0.4) is 0 Å². The van der Waals surface area contributed by atoms with Crippen LogP contribution >= 0.6 is 0 Å². The van der Waals surface area contributed by atoms with Crippen molar-refractivity contribution in [3.8, 4) is 5.75 Å². The van der Waals surface area contributed by atoms with Crippen molar-refractivity contribution >= 4 is 11.0 Å². The molecule has 0 aliphatic carbocycles. The van der Waals surface area contributed by atoms with Gasteiger partial charge in [0.25, 0.3) is 0 Å². The van der Waals surface area contributed by atoms with Gasteiger partial charge in [0.15, 0.2) is 0 Å². The van der Waals surface area contributed by atoms with Gasteiger partial charge in [-0.05, 0) is 31.5 Å². The standard InChI is InChI=1S/C16H18O4/c1-11(2)10-18-6-7-19-13-4-5-14-12(3)8-16(17)20-15(14)9-13/h4-5,8-9H,1,6-7,10H2,2-3H3. The van der Waals surface area contributed by atoms with E-state index in [0.29, 0.717) is 31.2 Å². The number of rotatable bonds is 6. The molecule has 4 heteroatoms. The van der Waals surface area contributed by atoms with Crippen molar-refractivity contribution in [3.05, 3.63) is 52.4 Å². The van der Waals surface area contributed by atoms with E-state index in [-0.39, 0.29) is 5.63 Å². The average Bonchev–Trinajstić information content (AvgIpc) is 2.37. The zero-order chi connectivity index (χ0) is 14.5. The molecular weight excluding hydrogens is 256 g/mol. The Balaban J connectivity index is 2.01. The highest BCUT2D eigenvalue weighted by Gasteiger charge is 2.04. The van der Waals surface area contributed by atoms with Gasteiger partial charge in [0, 0.05) is 17.5 Å². The summed E-state index contributed by atoms with van der Waals surface area (Å²) in [6.07, 6.45) is 0. The van der Waals surface area contributed by atoms with Crippen LogP contribution < -0.4 is 10.4 Å². The van der Waals surface area contributed by atoms with Crippen LogP contribution in [0, 0.1) is 6.92 Å². The number of hydrogen-bond acceptors (Lipinski definition) is 4. The Labute approximate surface area is 117 Å². The van der Waals surface area contributed by atoms with Crippen LogP contribution in [0.1, 0.15) is 12.5 Å². The third kappa shape index (κ3) is 3.71. The predicted molar refractivity (Wildman–Crippen MR) is 78.3 cm³/mol. The molecule has 2 rings (SSSR count). The fourth-order valence-electron chi connectivity index (χ4n) is 1.86. The summed E-state index contributed by atoms with van der Waals surface area (Å²) in [6, 6.07) is 6.95. The molecule has 20 heavy (non-hydrogen) atoms. The monoisotopic (exact) mass is 274 g/mol. The second kappa shape index (κ2) is 6.39. The quantitative estimate of drug-likeness (QED) is 0.461. The molecule has 0 bridgehead atoms. The topological polar surface area (TPSA) is 48.7 Å². The number of ether oxygens (including phenoxy) is 2. The molecule has 0 aliphatic rings. The van der Waals surface area contributed by atoms with E-state index >= 15 is 0 Å². The zero-order valence-corrected chi connectivity index (χ0v) is 11.8. The number of hydrogen-bond donors (Lipinski definition) is 0. The Bertz CT molecular complexity index is 670. The Morgan fingerprint density at radius 3 is 2.85 bits per heavy atom. The number of benzene rings is 1. The van der Waals surface area contributed by atoms with Crippen molar-refractivity contribution in [1.29, 1.82) is 0 Å². The van der Waals surface area contributed by atoms with E-state index in [9.17, 15) is 4.79 Å². The van der Waals surface area contributed by atoms with E-state index in [1.54, 1.807) is 6.07 Å². The Morgan fingerprint density at radius 2 is 2.10 bits per heavy atom. The molecule has 1 aromatic heterocycles. The van der Waals surface area contributed by atoms with Crippen molar-refractivity contribution in [1.82, 2.24) is 0 Å². The number of fused-ring (bicyclic) bond motifs is 1. The van der Waals surface area contributed by atoms with E-state index in [0.717, 1.165) is 16.5 Å². The largest absolute Gasteiger partial charge is 0.491 e. The molecule has 106 valence electrons. The molecule has 0 radical (unpaired) electrons. The summed E-state index contributed by atoms with van der Waals surface area (Å²) in [5.74, 6) is 0.658. The summed E-state index contributed by atoms with van der Waals surface area (Å²) in [5, 5.41) is 0.912. The Hall–Kier alpha value is -2.07. The third-order valence-corrected chi connectivity index (χ3v) is 2.77.